The van der Waals surface area contributed by atoms with Crippen molar-refractivity contribution >= 4 is 16.7 Å². The first kappa shape index (κ1) is 19.8. The molecule has 0 aliphatic heterocycles. The second-order valence-corrected chi connectivity index (χ2v) is 7.63. The molecule has 1 aromatic heterocycles. The van der Waals surface area contributed by atoms with Crippen LogP contribution in [0.3, 0.4) is 0 Å². The van der Waals surface area contributed by atoms with E-state index in [9.17, 15) is 9.00 Å². The molecule has 0 bridgehead atoms. The van der Waals surface area contributed by atoms with E-state index in [1.807, 2.05) is 54.6 Å². The van der Waals surface area contributed by atoms with E-state index in [0.717, 1.165) is 29.0 Å². The van der Waals surface area contributed by atoms with Crippen molar-refractivity contribution in [1.29, 1.82) is 0 Å². The van der Waals surface area contributed by atoms with Gasteiger partial charge in [0.2, 0.25) is 5.91 Å². The number of carbonyl (C=O) groups is 1. The Balaban J connectivity index is 1.58. The van der Waals surface area contributed by atoms with Gasteiger partial charge in [-0.1, -0.05) is 30.3 Å². The zero-order chi connectivity index (χ0) is 19.9. The molecule has 1 amide bonds. The Morgan fingerprint density at radius 1 is 1.14 bits per heavy atom. The molecule has 1 atom stereocenters. The van der Waals surface area contributed by atoms with Crippen molar-refractivity contribution < 1.29 is 13.7 Å². The highest BCUT2D eigenvalue weighted by atomic mass is 32.2. The van der Waals surface area contributed by atoms with Crippen molar-refractivity contribution in [3.8, 4) is 17.0 Å². The van der Waals surface area contributed by atoms with Gasteiger partial charge in [-0.2, -0.15) is 0 Å². The van der Waals surface area contributed by atoms with Gasteiger partial charge in [-0.15, -0.1) is 0 Å². The largest absolute Gasteiger partial charge is 0.497 e. The fourth-order valence-corrected chi connectivity index (χ4v) is 3.90. The van der Waals surface area contributed by atoms with Crippen molar-refractivity contribution in [3.63, 3.8) is 0 Å². The third-order valence-electron chi connectivity index (χ3n) is 4.38. The third kappa shape index (κ3) is 4.86. The summed E-state index contributed by atoms with van der Waals surface area (Å²) in [7, 11) is 1.90. The van der Waals surface area contributed by atoms with E-state index in [2.05, 4.69) is 10.3 Å². The van der Waals surface area contributed by atoms with Crippen LogP contribution >= 0.6 is 0 Å². The van der Waals surface area contributed by atoms with Crippen LogP contribution < -0.4 is 10.1 Å². The lowest BCUT2D eigenvalue weighted by Gasteiger charge is -2.08. The maximum atomic E-state index is 12.6. The van der Waals surface area contributed by atoms with Crippen molar-refractivity contribution in [2.45, 2.75) is 11.6 Å². The highest BCUT2D eigenvalue weighted by Gasteiger charge is 2.17. The van der Waals surface area contributed by atoms with Crippen molar-refractivity contribution in [2.75, 3.05) is 19.4 Å². The predicted molar refractivity (Wildman–Crippen MR) is 110 cm³/mol. The second-order valence-electron chi connectivity index (χ2n) is 6.29. The zero-order valence-corrected chi connectivity index (χ0v) is 16.7. The molecule has 1 N–H and O–H groups in total. The van der Waals surface area contributed by atoms with Gasteiger partial charge in [-0.25, -0.2) is 4.98 Å². The highest BCUT2D eigenvalue weighted by Crippen LogP contribution is 2.23. The summed E-state index contributed by atoms with van der Waals surface area (Å²) in [5.41, 5.74) is 2.92. The van der Waals surface area contributed by atoms with Gasteiger partial charge in [0.1, 0.15) is 11.5 Å². The van der Waals surface area contributed by atoms with Gasteiger partial charge in [0, 0.05) is 19.2 Å². The van der Waals surface area contributed by atoms with Crippen LogP contribution in [0, 0.1) is 0 Å². The summed E-state index contributed by atoms with van der Waals surface area (Å²) in [6.07, 6.45) is 2.41. The lowest BCUT2D eigenvalue weighted by molar-refractivity contribution is -0.118. The molecule has 0 radical (unpaired) electrons. The van der Waals surface area contributed by atoms with Gasteiger partial charge in [0.15, 0.2) is 5.16 Å². The fraction of sp³-hybridized carbons (Fsp3) is 0.238. The van der Waals surface area contributed by atoms with E-state index in [4.69, 9.17) is 4.74 Å². The van der Waals surface area contributed by atoms with Crippen LogP contribution in [-0.2, 0) is 29.1 Å². The number of hydrogen-bond acceptors (Lipinski definition) is 4. The Hall–Kier alpha value is -2.93. The molecule has 0 fully saturated rings. The van der Waals surface area contributed by atoms with Gasteiger partial charge < -0.3 is 14.6 Å². The van der Waals surface area contributed by atoms with Crippen LogP contribution in [-0.4, -0.2) is 39.1 Å². The monoisotopic (exact) mass is 397 g/mol. The highest BCUT2D eigenvalue weighted by molar-refractivity contribution is 7.85. The standard InChI is InChI=1S/C21H23N3O3S/c1-24-19(17-8-10-18(27-2)11-9-17)14-23-21(24)28(26)15-20(25)22-13-12-16-6-4-3-5-7-16/h3-11,14H,12-13,15H2,1-2H3,(H,22,25)/t28-/m1/s1. The summed E-state index contributed by atoms with van der Waals surface area (Å²) in [4.78, 5) is 16.4. The summed E-state index contributed by atoms with van der Waals surface area (Å²) in [6, 6.07) is 17.5. The molecule has 6 nitrogen and oxygen atoms in total. The van der Waals surface area contributed by atoms with Gasteiger partial charge in [-0.05, 0) is 36.2 Å². The van der Waals surface area contributed by atoms with Crippen LogP contribution in [0.1, 0.15) is 5.56 Å². The molecule has 28 heavy (non-hydrogen) atoms. The van der Waals surface area contributed by atoms with E-state index in [1.165, 1.54) is 0 Å². The molecular weight excluding hydrogens is 374 g/mol. The number of nitrogens with zero attached hydrogens (tertiary/aromatic N) is 2. The Morgan fingerprint density at radius 3 is 2.54 bits per heavy atom. The summed E-state index contributed by atoms with van der Waals surface area (Å²) in [5.74, 6) is 0.409. The summed E-state index contributed by atoms with van der Waals surface area (Å²) < 4.78 is 19.5. The minimum absolute atomic E-state index is 0.109. The van der Waals surface area contributed by atoms with Crippen molar-refractivity contribution in [1.82, 2.24) is 14.9 Å². The molecule has 146 valence electrons. The fourth-order valence-electron chi connectivity index (χ4n) is 2.86. The van der Waals surface area contributed by atoms with Crippen LogP contribution in [0.25, 0.3) is 11.3 Å². The van der Waals surface area contributed by atoms with E-state index < -0.39 is 10.8 Å². The minimum atomic E-state index is -1.52. The molecule has 7 heteroatoms. The molecule has 0 aliphatic carbocycles. The molecule has 1 heterocycles. The molecule has 0 saturated carbocycles. The van der Waals surface area contributed by atoms with Gasteiger partial charge >= 0.3 is 0 Å². The maximum Gasteiger partial charge on any atom is 0.233 e. The molecule has 2 aromatic carbocycles. The summed E-state index contributed by atoms with van der Waals surface area (Å²) >= 11 is 0. The quantitative estimate of drug-likeness (QED) is 0.634. The number of rotatable bonds is 8. The second kappa shape index (κ2) is 9.32. The number of amides is 1. The van der Waals surface area contributed by atoms with Crippen LogP contribution in [0.4, 0.5) is 0 Å². The van der Waals surface area contributed by atoms with Crippen LogP contribution in [0.5, 0.6) is 5.75 Å². The van der Waals surface area contributed by atoms with E-state index in [0.29, 0.717) is 11.7 Å². The number of ether oxygens (including phenoxy) is 1. The van der Waals surface area contributed by atoms with Gasteiger partial charge in [0.25, 0.3) is 0 Å². The lowest BCUT2D eigenvalue weighted by Crippen LogP contribution is -2.30. The first-order valence-corrected chi connectivity index (χ1v) is 10.3. The third-order valence-corrected chi connectivity index (χ3v) is 5.69. The molecule has 0 spiro atoms. The number of nitrogens with one attached hydrogen (secondary N) is 1. The van der Waals surface area contributed by atoms with E-state index >= 15 is 0 Å². The number of aromatic nitrogens is 2. The molecular formula is C21H23N3O3S. The lowest BCUT2D eigenvalue weighted by atomic mass is 10.1. The predicted octanol–water partition coefficient (Wildman–Crippen LogP) is 2.56. The van der Waals surface area contributed by atoms with Crippen molar-refractivity contribution in [2.24, 2.45) is 7.05 Å². The average molecular weight is 398 g/mol. The Labute approximate surface area is 167 Å². The molecule has 3 rings (SSSR count). The summed E-state index contributed by atoms with van der Waals surface area (Å²) in [5, 5.41) is 3.20. The Bertz CT molecular complexity index is 953. The Kier molecular flexibility index (Phi) is 6.60. The molecule has 0 unspecified atom stereocenters. The van der Waals surface area contributed by atoms with Gasteiger partial charge in [0.05, 0.1) is 29.8 Å². The topological polar surface area (TPSA) is 73.2 Å². The van der Waals surface area contributed by atoms with Crippen molar-refractivity contribution in [3.05, 3.63) is 66.4 Å². The van der Waals surface area contributed by atoms with Crippen LogP contribution in [0.2, 0.25) is 0 Å². The average Bonchev–Trinajstić information content (AvgIpc) is 3.10. The number of carbonyl (C=O) groups excluding carboxylic acids is 1. The maximum absolute atomic E-state index is 12.6. The van der Waals surface area contributed by atoms with E-state index in [-0.39, 0.29) is 11.7 Å². The smallest absolute Gasteiger partial charge is 0.233 e. The number of benzene rings is 2. The van der Waals surface area contributed by atoms with E-state index in [1.54, 1.807) is 24.9 Å². The van der Waals surface area contributed by atoms with Crippen LogP contribution in [0.15, 0.2) is 66.0 Å². The number of methoxy groups -OCH3 is 1. The number of imidazole rings is 1. The first-order chi connectivity index (χ1) is 13.6. The molecule has 3 aromatic rings. The normalized spacial score (nSPS) is 11.8. The zero-order valence-electron chi connectivity index (χ0n) is 15.9. The van der Waals surface area contributed by atoms with Gasteiger partial charge in [-0.3, -0.25) is 9.00 Å². The molecule has 0 saturated heterocycles. The minimum Gasteiger partial charge on any atom is -0.497 e. The Morgan fingerprint density at radius 2 is 1.86 bits per heavy atom. The SMILES string of the molecule is COc1ccc(-c2cnc([S@](=O)CC(=O)NCCc3ccccc3)n2C)cc1. The molecule has 0 aliphatic rings. The number of hydrogen-bond donors (Lipinski definition) is 1. The summed E-state index contributed by atoms with van der Waals surface area (Å²) in [6.45, 7) is 0.512. The first-order valence-electron chi connectivity index (χ1n) is 8.93.